The van der Waals surface area contributed by atoms with Crippen molar-refractivity contribution in [2.75, 3.05) is 0 Å². The van der Waals surface area contributed by atoms with Crippen LogP contribution in [0.3, 0.4) is 0 Å². The second-order valence-corrected chi connectivity index (χ2v) is 16.2. The first-order valence-electron chi connectivity index (χ1n) is 15.3. The van der Waals surface area contributed by atoms with E-state index in [-0.39, 0.29) is 11.0 Å². The van der Waals surface area contributed by atoms with Crippen molar-refractivity contribution in [1.29, 1.82) is 0 Å². The highest BCUT2D eigenvalue weighted by Gasteiger charge is 2.64. The van der Waals surface area contributed by atoms with Gasteiger partial charge >= 0.3 is 0 Å². The summed E-state index contributed by atoms with van der Waals surface area (Å²) in [5.74, 6) is 5.40. The van der Waals surface area contributed by atoms with Crippen LogP contribution in [0.4, 0.5) is 0 Å². The highest BCUT2D eigenvalue weighted by molar-refractivity contribution is 5.17. The van der Waals surface area contributed by atoms with Crippen molar-refractivity contribution in [2.24, 2.45) is 57.5 Å². The molecule has 8 unspecified atom stereocenters. The predicted molar refractivity (Wildman–Crippen MR) is 143 cm³/mol. The van der Waals surface area contributed by atoms with Gasteiger partial charge < -0.3 is 10.8 Å². The maximum absolute atomic E-state index is 10.9. The van der Waals surface area contributed by atoms with Crippen LogP contribution in [0.5, 0.6) is 0 Å². The molecule has 0 aromatic heterocycles. The van der Waals surface area contributed by atoms with E-state index in [4.69, 9.17) is 5.73 Å². The molecule has 0 radical (unpaired) electrons. The van der Waals surface area contributed by atoms with E-state index in [0.717, 1.165) is 61.2 Å². The molecule has 0 amide bonds. The molecule has 0 heterocycles. The van der Waals surface area contributed by atoms with Crippen LogP contribution in [0.25, 0.3) is 0 Å². The molecular formula is C32H57NO. The molecule has 0 spiro atoms. The fourth-order valence-corrected chi connectivity index (χ4v) is 10.9. The third kappa shape index (κ3) is 4.23. The van der Waals surface area contributed by atoms with Crippen molar-refractivity contribution in [3.63, 3.8) is 0 Å². The van der Waals surface area contributed by atoms with Crippen LogP contribution < -0.4 is 5.73 Å². The average Bonchev–Trinajstić information content (AvgIpc) is 3.06. The number of aliphatic hydroxyl groups is 1. The standard InChI is InChI=1S/C32H57NO/c1-22(19-23-9-13-28(2,3)14-10-23)20-24-7-8-26-25-11-16-32(33)21-29(4,34)17-18-31(32,6)27(25)12-15-30(24,26)5/h22-27,34H,7-21,33H2,1-6H3/t22?,24?,25?,26?,27?,29-,30?,31?,32?/m0/s1. The third-order valence-electron chi connectivity index (χ3n) is 13.3. The Morgan fingerprint density at radius 3 is 2.18 bits per heavy atom. The second-order valence-electron chi connectivity index (χ2n) is 16.2. The lowest BCUT2D eigenvalue weighted by molar-refractivity contribution is -0.158. The largest absolute Gasteiger partial charge is 0.390 e. The molecule has 5 rings (SSSR count). The minimum atomic E-state index is -0.563. The van der Waals surface area contributed by atoms with Crippen molar-refractivity contribution >= 4 is 0 Å². The maximum atomic E-state index is 10.9. The lowest BCUT2D eigenvalue weighted by Crippen LogP contribution is -2.68. The van der Waals surface area contributed by atoms with Crippen LogP contribution in [0.15, 0.2) is 0 Å². The molecule has 34 heavy (non-hydrogen) atoms. The highest BCUT2D eigenvalue weighted by Crippen LogP contribution is 2.69. The Morgan fingerprint density at radius 1 is 0.765 bits per heavy atom. The summed E-state index contributed by atoms with van der Waals surface area (Å²) < 4.78 is 0. The van der Waals surface area contributed by atoms with Gasteiger partial charge in [-0.2, -0.15) is 0 Å². The van der Waals surface area contributed by atoms with E-state index in [0.29, 0.717) is 10.8 Å². The van der Waals surface area contributed by atoms with Crippen molar-refractivity contribution in [2.45, 2.75) is 149 Å². The summed E-state index contributed by atoms with van der Waals surface area (Å²) in [5, 5.41) is 10.9. The van der Waals surface area contributed by atoms with E-state index >= 15 is 0 Å². The van der Waals surface area contributed by atoms with Crippen molar-refractivity contribution in [3.8, 4) is 0 Å². The molecule has 5 saturated carbocycles. The van der Waals surface area contributed by atoms with Crippen molar-refractivity contribution in [1.82, 2.24) is 0 Å². The minimum Gasteiger partial charge on any atom is -0.390 e. The monoisotopic (exact) mass is 471 g/mol. The Labute approximate surface area is 211 Å². The normalized spacial score (nSPS) is 51.9. The Morgan fingerprint density at radius 2 is 1.47 bits per heavy atom. The van der Waals surface area contributed by atoms with Crippen molar-refractivity contribution < 1.29 is 5.11 Å². The van der Waals surface area contributed by atoms with Gasteiger partial charge in [-0.3, -0.25) is 0 Å². The molecule has 5 fully saturated rings. The van der Waals surface area contributed by atoms with Gasteiger partial charge in [0.25, 0.3) is 0 Å². The van der Waals surface area contributed by atoms with Gasteiger partial charge in [0.2, 0.25) is 0 Å². The third-order valence-corrected chi connectivity index (χ3v) is 13.3. The van der Waals surface area contributed by atoms with Gasteiger partial charge in [0.05, 0.1) is 5.60 Å². The van der Waals surface area contributed by atoms with Gasteiger partial charge in [0.15, 0.2) is 0 Å². The van der Waals surface area contributed by atoms with E-state index in [1.165, 1.54) is 70.6 Å². The Balaban J connectivity index is 1.24. The highest BCUT2D eigenvalue weighted by atomic mass is 16.3. The summed E-state index contributed by atoms with van der Waals surface area (Å²) in [6.07, 6.45) is 19.8. The SMILES string of the molecule is CC(CC1CCC(C)(C)CC1)CC1CCC2C3CCC4(N)C[C@@](C)(O)CCC4(C)C3CCC12C. The Hall–Kier alpha value is -0.0800. The molecule has 0 bridgehead atoms. The number of fused-ring (bicyclic) bond motifs is 5. The predicted octanol–water partition coefficient (Wildman–Crippen LogP) is 8.11. The zero-order chi connectivity index (χ0) is 24.6. The molecule has 3 N–H and O–H groups in total. The van der Waals surface area contributed by atoms with Crippen LogP contribution in [-0.4, -0.2) is 16.2 Å². The number of hydrogen-bond donors (Lipinski definition) is 2. The molecule has 0 aliphatic heterocycles. The molecule has 2 heteroatoms. The summed E-state index contributed by atoms with van der Waals surface area (Å²) in [6, 6.07) is 0. The fourth-order valence-electron chi connectivity index (χ4n) is 10.9. The molecule has 0 saturated heterocycles. The summed E-state index contributed by atoms with van der Waals surface area (Å²) in [4.78, 5) is 0. The average molecular weight is 472 g/mol. The quantitative estimate of drug-likeness (QED) is 0.435. The fraction of sp³-hybridized carbons (Fsp3) is 1.00. The lowest BCUT2D eigenvalue weighted by atomic mass is 9.41. The van der Waals surface area contributed by atoms with Crippen LogP contribution >= 0.6 is 0 Å². The number of rotatable bonds is 4. The smallest absolute Gasteiger partial charge is 0.0637 e. The number of hydrogen-bond acceptors (Lipinski definition) is 2. The van der Waals surface area contributed by atoms with Crippen LogP contribution in [0.2, 0.25) is 0 Å². The zero-order valence-electron chi connectivity index (χ0n) is 23.6. The molecule has 2 nitrogen and oxygen atoms in total. The Kier molecular flexibility index (Phi) is 6.37. The summed E-state index contributed by atoms with van der Waals surface area (Å²) in [6.45, 7) is 14.8. The molecule has 9 atom stereocenters. The summed E-state index contributed by atoms with van der Waals surface area (Å²) in [7, 11) is 0. The Bertz CT molecular complexity index is 748. The number of nitrogens with two attached hydrogens (primary N) is 1. The van der Waals surface area contributed by atoms with Crippen LogP contribution in [-0.2, 0) is 0 Å². The molecule has 5 aliphatic carbocycles. The van der Waals surface area contributed by atoms with Crippen molar-refractivity contribution in [3.05, 3.63) is 0 Å². The van der Waals surface area contributed by atoms with E-state index in [2.05, 4.69) is 34.6 Å². The van der Waals surface area contributed by atoms with Crippen LogP contribution in [0.1, 0.15) is 138 Å². The van der Waals surface area contributed by atoms with E-state index in [1.54, 1.807) is 0 Å². The minimum absolute atomic E-state index is 0.162. The van der Waals surface area contributed by atoms with Gasteiger partial charge in [-0.1, -0.05) is 34.6 Å². The first kappa shape index (κ1) is 25.6. The molecule has 196 valence electrons. The summed E-state index contributed by atoms with van der Waals surface area (Å²) >= 11 is 0. The molecular weight excluding hydrogens is 414 g/mol. The second kappa shape index (κ2) is 8.47. The van der Waals surface area contributed by atoms with Crippen LogP contribution in [0, 0.1) is 51.8 Å². The van der Waals surface area contributed by atoms with Gasteiger partial charge in [-0.15, -0.1) is 0 Å². The molecule has 0 aromatic carbocycles. The first-order valence-corrected chi connectivity index (χ1v) is 15.3. The maximum Gasteiger partial charge on any atom is 0.0637 e. The van der Waals surface area contributed by atoms with E-state index in [9.17, 15) is 5.11 Å². The first-order chi connectivity index (χ1) is 15.8. The molecule has 5 aliphatic rings. The van der Waals surface area contributed by atoms with Gasteiger partial charge in [-0.05, 0) is 155 Å². The summed E-state index contributed by atoms with van der Waals surface area (Å²) in [5.41, 5.74) is 7.85. The topological polar surface area (TPSA) is 46.2 Å². The lowest BCUT2D eigenvalue weighted by Gasteiger charge is -2.66. The van der Waals surface area contributed by atoms with Gasteiger partial charge in [0.1, 0.15) is 0 Å². The van der Waals surface area contributed by atoms with Gasteiger partial charge in [0, 0.05) is 5.54 Å². The van der Waals surface area contributed by atoms with Gasteiger partial charge in [-0.25, -0.2) is 0 Å². The van der Waals surface area contributed by atoms with E-state index in [1.807, 2.05) is 6.92 Å². The molecule has 0 aromatic rings. The van der Waals surface area contributed by atoms with E-state index < -0.39 is 5.60 Å². The zero-order valence-corrected chi connectivity index (χ0v) is 23.6.